The molecule has 2 amide bonds. The van der Waals surface area contributed by atoms with E-state index in [1.54, 1.807) is 36.4 Å². The predicted octanol–water partition coefficient (Wildman–Crippen LogP) is 5.89. The van der Waals surface area contributed by atoms with Gasteiger partial charge in [0.25, 0.3) is 11.1 Å². The number of carbonyl (C=O) groups is 3. The van der Waals surface area contributed by atoms with Gasteiger partial charge in [0.05, 0.1) is 17.7 Å². The lowest BCUT2D eigenvalue weighted by Crippen LogP contribution is -2.27. The molecule has 162 valence electrons. The van der Waals surface area contributed by atoms with Crippen LogP contribution in [0, 0.1) is 0 Å². The summed E-state index contributed by atoms with van der Waals surface area (Å²) in [6.07, 6.45) is 3.05. The van der Waals surface area contributed by atoms with Crippen LogP contribution in [-0.4, -0.2) is 22.0 Å². The number of rotatable bonds is 5. The fourth-order valence-electron chi connectivity index (χ4n) is 3.49. The number of nitrogens with zero attached hydrogens (tertiary/aromatic N) is 1. The number of thioether (sulfide) groups is 1. The zero-order chi connectivity index (χ0) is 22.8. The molecule has 0 aliphatic carbocycles. The second kappa shape index (κ2) is 8.80. The molecule has 5 rings (SSSR count). The van der Waals surface area contributed by atoms with Gasteiger partial charge >= 0.3 is 5.97 Å². The Balaban J connectivity index is 1.28. The Morgan fingerprint density at radius 1 is 0.939 bits per heavy atom. The molecule has 1 saturated heterocycles. The Morgan fingerprint density at radius 2 is 1.73 bits per heavy atom. The van der Waals surface area contributed by atoms with E-state index in [-0.39, 0.29) is 23.5 Å². The van der Waals surface area contributed by atoms with Crippen molar-refractivity contribution >= 4 is 45.7 Å². The zero-order valence-electron chi connectivity index (χ0n) is 17.3. The molecular formula is C26H17NO5S. The first-order chi connectivity index (χ1) is 16.1. The lowest BCUT2D eigenvalue weighted by Gasteiger charge is -2.13. The fourth-order valence-corrected chi connectivity index (χ4v) is 4.33. The van der Waals surface area contributed by atoms with Crippen molar-refractivity contribution < 1.29 is 23.5 Å². The summed E-state index contributed by atoms with van der Waals surface area (Å²) in [6, 6.07) is 23.6. The first-order valence-corrected chi connectivity index (χ1v) is 11.0. The van der Waals surface area contributed by atoms with E-state index in [0.29, 0.717) is 16.2 Å². The van der Waals surface area contributed by atoms with Gasteiger partial charge < -0.3 is 9.15 Å². The summed E-state index contributed by atoms with van der Waals surface area (Å²) in [5.74, 6) is -0.467. The molecule has 33 heavy (non-hydrogen) atoms. The summed E-state index contributed by atoms with van der Waals surface area (Å²) in [6.45, 7) is 0.217. The molecule has 0 bridgehead atoms. The molecule has 0 unspecified atom stereocenters. The first kappa shape index (κ1) is 20.8. The Labute approximate surface area is 193 Å². The highest BCUT2D eigenvalue weighted by atomic mass is 32.2. The topological polar surface area (TPSA) is 76.8 Å². The SMILES string of the molecule is O=C(Oc1ccc(/C=C2\SC(=O)N(Cc3ccc4ccccc4c3)C2=O)cc1)c1ccco1. The smallest absolute Gasteiger partial charge is 0.379 e. The average Bonchev–Trinajstić information content (AvgIpc) is 3.45. The van der Waals surface area contributed by atoms with Crippen molar-refractivity contribution in [1.29, 1.82) is 0 Å². The monoisotopic (exact) mass is 455 g/mol. The largest absolute Gasteiger partial charge is 0.457 e. The molecule has 0 radical (unpaired) electrons. The van der Waals surface area contributed by atoms with Crippen molar-refractivity contribution in [1.82, 2.24) is 4.90 Å². The molecule has 0 N–H and O–H groups in total. The molecule has 1 aliphatic heterocycles. The van der Waals surface area contributed by atoms with E-state index >= 15 is 0 Å². The number of carbonyl (C=O) groups excluding carboxylic acids is 3. The van der Waals surface area contributed by atoms with Crippen molar-refractivity contribution in [2.24, 2.45) is 0 Å². The van der Waals surface area contributed by atoms with Crippen LogP contribution >= 0.6 is 11.8 Å². The number of furan rings is 1. The van der Waals surface area contributed by atoms with Gasteiger partial charge in [0.15, 0.2) is 0 Å². The molecule has 4 aromatic rings. The van der Waals surface area contributed by atoms with Gasteiger partial charge in [-0.1, -0.05) is 48.5 Å². The van der Waals surface area contributed by atoms with Crippen LogP contribution in [0.2, 0.25) is 0 Å². The van der Waals surface area contributed by atoms with Gasteiger partial charge in [-0.15, -0.1) is 0 Å². The maximum Gasteiger partial charge on any atom is 0.379 e. The summed E-state index contributed by atoms with van der Waals surface area (Å²) < 4.78 is 10.3. The van der Waals surface area contributed by atoms with Crippen LogP contribution < -0.4 is 4.74 Å². The van der Waals surface area contributed by atoms with E-state index in [1.165, 1.54) is 17.2 Å². The van der Waals surface area contributed by atoms with E-state index in [1.807, 2.05) is 42.5 Å². The molecule has 1 aliphatic rings. The number of amides is 2. The quantitative estimate of drug-likeness (QED) is 0.212. The second-order valence-electron chi connectivity index (χ2n) is 7.39. The number of benzene rings is 3. The van der Waals surface area contributed by atoms with E-state index in [2.05, 4.69) is 0 Å². The number of imide groups is 1. The highest BCUT2D eigenvalue weighted by Crippen LogP contribution is 2.34. The lowest BCUT2D eigenvalue weighted by molar-refractivity contribution is -0.123. The van der Waals surface area contributed by atoms with Gasteiger partial charge in [-0.2, -0.15) is 0 Å². The normalized spacial score (nSPS) is 14.9. The van der Waals surface area contributed by atoms with Crippen molar-refractivity contribution in [3.63, 3.8) is 0 Å². The zero-order valence-corrected chi connectivity index (χ0v) is 18.1. The van der Waals surface area contributed by atoms with Gasteiger partial charge in [-0.25, -0.2) is 4.79 Å². The molecule has 2 heterocycles. The van der Waals surface area contributed by atoms with Crippen LogP contribution in [0.15, 0.2) is 94.4 Å². The van der Waals surface area contributed by atoms with E-state index in [0.717, 1.165) is 28.1 Å². The van der Waals surface area contributed by atoms with Gasteiger partial charge in [-0.3, -0.25) is 14.5 Å². The van der Waals surface area contributed by atoms with Gasteiger partial charge in [0.1, 0.15) is 5.75 Å². The lowest BCUT2D eigenvalue weighted by atomic mass is 10.1. The minimum absolute atomic E-state index is 0.110. The molecule has 1 aromatic heterocycles. The van der Waals surface area contributed by atoms with E-state index < -0.39 is 5.97 Å². The number of hydrogen-bond donors (Lipinski definition) is 0. The number of ether oxygens (including phenoxy) is 1. The Bertz CT molecular complexity index is 1390. The number of fused-ring (bicyclic) bond motifs is 1. The van der Waals surface area contributed by atoms with Crippen LogP contribution in [0.25, 0.3) is 16.8 Å². The predicted molar refractivity (Wildman–Crippen MR) is 126 cm³/mol. The summed E-state index contributed by atoms with van der Waals surface area (Å²) in [4.78, 5) is 38.9. The van der Waals surface area contributed by atoms with Crippen LogP contribution in [-0.2, 0) is 11.3 Å². The summed E-state index contributed by atoms with van der Waals surface area (Å²) >= 11 is 0.913. The minimum atomic E-state index is -0.595. The molecule has 3 aromatic carbocycles. The summed E-state index contributed by atoms with van der Waals surface area (Å²) in [7, 11) is 0. The van der Waals surface area contributed by atoms with Gasteiger partial charge in [-0.05, 0) is 70.1 Å². The molecular weight excluding hydrogens is 438 g/mol. The summed E-state index contributed by atoms with van der Waals surface area (Å²) in [5.41, 5.74) is 1.60. The molecule has 6 nitrogen and oxygen atoms in total. The molecule has 0 atom stereocenters. The van der Waals surface area contributed by atoms with Gasteiger partial charge in [0.2, 0.25) is 5.76 Å². The van der Waals surface area contributed by atoms with Crippen molar-refractivity contribution in [3.8, 4) is 5.75 Å². The van der Waals surface area contributed by atoms with E-state index in [4.69, 9.17) is 9.15 Å². The Kier molecular flexibility index (Phi) is 5.54. The third-order valence-corrected chi connectivity index (χ3v) is 6.05. The fraction of sp³-hybridized carbons (Fsp3) is 0.0385. The second-order valence-corrected chi connectivity index (χ2v) is 8.38. The Morgan fingerprint density at radius 3 is 2.48 bits per heavy atom. The Hall–Kier alpha value is -4.10. The van der Waals surface area contributed by atoms with Crippen LogP contribution in [0.4, 0.5) is 4.79 Å². The minimum Gasteiger partial charge on any atom is -0.457 e. The maximum atomic E-state index is 12.9. The van der Waals surface area contributed by atoms with Crippen LogP contribution in [0.5, 0.6) is 5.75 Å². The van der Waals surface area contributed by atoms with Gasteiger partial charge in [0, 0.05) is 0 Å². The third kappa shape index (κ3) is 4.44. The first-order valence-electron chi connectivity index (χ1n) is 10.2. The van der Waals surface area contributed by atoms with Crippen molar-refractivity contribution in [2.75, 3.05) is 0 Å². The van der Waals surface area contributed by atoms with Crippen LogP contribution in [0.1, 0.15) is 21.7 Å². The highest BCUT2D eigenvalue weighted by molar-refractivity contribution is 8.18. The third-order valence-electron chi connectivity index (χ3n) is 5.14. The highest BCUT2D eigenvalue weighted by Gasteiger charge is 2.35. The molecule has 1 fully saturated rings. The van der Waals surface area contributed by atoms with Crippen molar-refractivity contribution in [2.45, 2.75) is 6.54 Å². The summed E-state index contributed by atoms with van der Waals surface area (Å²) in [5, 5.41) is 1.86. The van der Waals surface area contributed by atoms with E-state index in [9.17, 15) is 14.4 Å². The maximum absolute atomic E-state index is 12.9. The molecule has 0 saturated carbocycles. The van der Waals surface area contributed by atoms with Crippen LogP contribution in [0.3, 0.4) is 0 Å². The standard InChI is InChI=1S/C26H17NO5S/c28-24-23(15-17-8-11-21(12-9-17)32-25(29)22-6-3-13-31-22)33-26(30)27(24)16-18-7-10-19-4-1-2-5-20(19)14-18/h1-15H,16H2/b23-15-. The molecule has 0 spiro atoms. The number of hydrogen-bond acceptors (Lipinski definition) is 6. The average molecular weight is 455 g/mol. The number of esters is 1. The molecule has 7 heteroatoms. The van der Waals surface area contributed by atoms with Crippen molar-refractivity contribution in [3.05, 3.63) is 107 Å².